The first-order valence-corrected chi connectivity index (χ1v) is 11.3. The van der Waals surface area contributed by atoms with Crippen molar-refractivity contribution in [3.63, 3.8) is 0 Å². The number of rotatable bonds is 7. The zero-order chi connectivity index (χ0) is 23.5. The van der Waals surface area contributed by atoms with Crippen LogP contribution in [-0.2, 0) is 16.1 Å². The molecule has 0 bridgehead atoms. The summed E-state index contributed by atoms with van der Waals surface area (Å²) in [6.45, 7) is 3.40. The van der Waals surface area contributed by atoms with E-state index in [0.29, 0.717) is 9.88 Å². The fourth-order valence-electron chi connectivity index (χ4n) is 3.86. The van der Waals surface area contributed by atoms with E-state index in [1.54, 1.807) is 6.92 Å². The predicted octanol–water partition coefficient (Wildman–Crippen LogP) is 3.69. The minimum Gasteiger partial charge on any atom is -0.480 e. The van der Waals surface area contributed by atoms with Crippen LogP contribution < -0.4 is 10.6 Å². The maximum atomic E-state index is 12.3. The SMILES string of the molecule is Cc1sc(CNC(=O)OCC2c3ccccc3-c3ccccc32)nc1C(=O)N[C@@H](C)C(=O)O. The molecule has 0 spiro atoms. The van der Waals surface area contributed by atoms with Gasteiger partial charge >= 0.3 is 12.1 Å². The van der Waals surface area contributed by atoms with Crippen LogP contribution in [-0.4, -0.2) is 40.7 Å². The van der Waals surface area contributed by atoms with E-state index in [1.165, 1.54) is 18.3 Å². The maximum Gasteiger partial charge on any atom is 0.407 e. The molecule has 1 aromatic heterocycles. The molecule has 0 radical (unpaired) electrons. The second kappa shape index (κ2) is 9.41. The summed E-state index contributed by atoms with van der Waals surface area (Å²) in [5, 5.41) is 14.5. The van der Waals surface area contributed by atoms with Gasteiger partial charge < -0.3 is 20.5 Å². The summed E-state index contributed by atoms with van der Waals surface area (Å²) in [5.41, 5.74) is 4.73. The highest BCUT2D eigenvalue weighted by Crippen LogP contribution is 2.44. The molecule has 2 aromatic carbocycles. The molecular formula is C24H23N3O5S. The third-order valence-electron chi connectivity index (χ3n) is 5.50. The van der Waals surface area contributed by atoms with Crippen molar-refractivity contribution >= 4 is 29.3 Å². The third-order valence-corrected chi connectivity index (χ3v) is 6.47. The molecule has 0 fully saturated rings. The van der Waals surface area contributed by atoms with Gasteiger partial charge in [0.05, 0.1) is 6.54 Å². The quantitative estimate of drug-likeness (QED) is 0.490. The average Bonchev–Trinajstić information content (AvgIpc) is 3.34. The molecule has 0 saturated carbocycles. The first kappa shape index (κ1) is 22.5. The molecule has 1 aliphatic rings. The molecule has 3 aromatic rings. The number of alkyl carbamates (subject to hydrolysis) is 1. The fraction of sp³-hybridized carbons (Fsp3) is 0.250. The number of hydrogen-bond donors (Lipinski definition) is 3. The van der Waals surface area contributed by atoms with Gasteiger partial charge in [-0.15, -0.1) is 11.3 Å². The summed E-state index contributed by atoms with van der Waals surface area (Å²) >= 11 is 1.26. The van der Waals surface area contributed by atoms with E-state index in [9.17, 15) is 14.4 Å². The Morgan fingerprint density at radius 1 is 1.09 bits per heavy atom. The largest absolute Gasteiger partial charge is 0.480 e. The number of thiazole rings is 1. The van der Waals surface area contributed by atoms with Crippen LogP contribution in [0.1, 0.15) is 44.3 Å². The zero-order valence-electron chi connectivity index (χ0n) is 18.1. The Morgan fingerprint density at radius 2 is 1.70 bits per heavy atom. The molecule has 0 saturated heterocycles. The topological polar surface area (TPSA) is 118 Å². The summed E-state index contributed by atoms with van der Waals surface area (Å²) in [4.78, 5) is 40.4. The molecule has 1 atom stereocenters. The molecule has 9 heteroatoms. The number of benzene rings is 2. The van der Waals surface area contributed by atoms with E-state index in [0.717, 1.165) is 22.3 Å². The number of carboxylic acid groups (broad SMARTS) is 1. The van der Waals surface area contributed by atoms with Gasteiger partial charge in [0.15, 0.2) is 0 Å². The van der Waals surface area contributed by atoms with E-state index in [-0.39, 0.29) is 24.8 Å². The van der Waals surface area contributed by atoms with E-state index >= 15 is 0 Å². The molecule has 1 heterocycles. The van der Waals surface area contributed by atoms with E-state index in [2.05, 4.69) is 39.9 Å². The van der Waals surface area contributed by atoms with Gasteiger partial charge in [0, 0.05) is 10.8 Å². The van der Waals surface area contributed by atoms with Crippen LogP contribution in [0.5, 0.6) is 0 Å². The molecule has 1 aliphatic carbocycles. The smallest absolute Gasteiger partial charge is 0.407 e. The highest BCUT2D eigenvalue weighted by Gasteiger charge is 2.29. The van der Waals surface area contributed by atoms with Crippen LogP contribution in [0.2, 0.25) is 0 Å². The lowest BCUT2D eigenvalue weighted by atomic mass is 9.98. The summed E-state index contributed by atoms with van der Waals surface area (Å²) in [6.07, 6.45) is -0.574. The Kier molecular flexibility index (Phi) is 6.41. The molecular weight excluding hydrogens is 442 g/mol. The van der Waals surface area contributed by atoms with Crippen LogP contribution in [0.25, 0.3) is 11.1 Å². The summed E-state index contributed by atoms with van der Waals surface area (Å²) in [5.74, 6) is -1.73. The maximum absolute atomic E-state index is 12.3. The van der Waals surface area contributed by atoms with E-state index < -0.39 is 24.0 Å². The van der Waals surface area contributed by atoms with Crippen molar-refractivity contribution in [1.82, 2.24) is 15.6 Å². The minimum atomic E-state index is -1.13. The highest BCUT2D eigenvalue weighted by molar-refractivity contribution is 7.11. The van der Waals surface area contributed by atoms with Crippen LogP contribution in [0.4, 0.5) is 4.79 Å². The lowest BCUT2D eigenvalue weighted by Gasteiger charge is -2.14. The standard InChI is InChI=1S/C24H23N3O5S/c1-13(23(29)30)26-22(28)21-14(2)33-20(27-21)11-25-24(31)32-12-19-17-9-5-3-7-15(17)16-8-4-6-10-18(16)19/h3-10,13,19H,11-12H2,1-2H3,(H,25,31)(H,26,28)(H,29,30)/t13-/m0/s1. The third kappa shape index (κ3) is 4.73. The number of ether oxygens (including phenoxy) is 1. The van der Waals surface area contributed by atoms with Crippen LogP contribution in [0.3, 0.4) is 0 Å². The number of amides is 2. The van der Waals surface area contributed by atoms with E-state index in [4.69, 9.17) is 9.84 Å². The average molecular weight is 466 g/mol. The van der Waals surface area contributed by atoms with Gasteiger partial charge in [0.2, 0.25) is 0 Å². The van der Waals surface area contributed by atoms with Crippen molar-refractivity contribution in [2.45, 2.75) is 32.4 Å². The lowest BCUT2D eigenvalue weighted by molar-refractivity contribution is -0.138. The molecule has 0 unspecified atom stereocenters. The molecule has 8 nitrogen and oxygen atoms in total. The van der Waals surface area contributed by atoms with Crippen LogP contribution >= 0.6 is 11.3 Å². The predicted molar refractivity (Wildman–Crippen MR) is 123 cm³/mol. The number of hydrogen-bond acceptors (Lipinski definition) is 6. The van der Waals surface area contributed by atoms with Gasteiger partial charge in [-0.25, -0.2) is 9.78 Å². The van der Waals surface area contributed by atoms with Gasteiger partial charge in [-0.1, -0.05) is 48.5 Å². The van der Waals surface area contributed by atoms with Crippen molar-refractivity contribution in [2.75, 3.05) is 6.61 Å². The number of carbonyl (C=O) groups excluding carboxylic acids is 2. The molecule has 170 valence electrons. The Morgan fingerprint density at radius 3 is 2.30 bits per heavy atom. The van der Waals surface area contributed by atoms with Crippen molar-refractivity contribution < 1.29 is 24.2 Å². The molecule has 2 amide bonds. The normalized spacial score (nSPS) is 13.0. The summed E-state index contributed by atoms with van der Waals surface area (Å²) < 4.78 is 5.51. The Balaban J connectivity index is 1.35. The number of carboxylic acids is 1. The van der Waals surface area contributed by atoms with Gasteiger partial charge in [-0.2, -0.15) is 0 Å². The zero-order valence-corrected chi connectivity index (χ0v) is 18.9. The van der Waals surface area contributed by atoms with Gasteiger partial charge in [0.1, 0.15) is 23.4 Å². The Labute approximate surface area is 194 Å². The monoisotopic (exact) mass is 465 g/mol. The first-order valence-electron chi connectivity index (χ1n) is 10.4. The van der Waals surface area contributed by atoms with Gasteiger partial charge in [-0.3, -0.25) is 9.59 Å². The second-order valence-corrected chi connectivity index (χ2v) is 9.01. The number of carbonyl (C=O) groups is 3. The molecule has 3 N–H and O–H groups in total. The second-order valence-electron chi connectivity index (χ2n) is 7.72. The van der Waals surface area contributed by atoms with Crippen LogP contribution in [0, 0.1) is 6.92 Å². The van der Waals surface area contributed by atoms with Gasteiger partial charge in [0.25, 0.3) is 5.91 Å². The van der Waals surface area contributed by atoms with E-state index in [1.807, 2.05) is 24.3 Å². The number of nitrogens with one attached hydrogen (secondary N) is 2. The molecule has 0 aliphatic heterocycles. The minimum absolute atomic E-state index is 0.0308. The Bertz CT molecular complexity index is 1180. The fourth-order valence-corrected chi connectivity index (χ4v) is 4.73. The number of nitrogens with zero attached hydrogens (tertiary/aromatic N) is 1. The lowest BCUT2D eigenvalue weighted by Crippen LogP contribution is -2.38. The first-order chi connectivity index (χ1) is 15.8. The van der Waals surface area contributed by atoms with Crippen molar-refractivity contribution in [1.29, 1.82) is 0 Å². The number of aromatic nitrogens is 1. The summed E-state index contributed by atoms with van der Waals surface area (Å²) in [7, 11) is 0. The Hall–Kier alpha value is -3.72. The molecule has 33 heavy (non-hydrogen) atoms. The van der Waals surface area contributed by atoms with Crippen molar-refractivity contribution in [2.24, 2.45) is 0 Å². The number of aryl methyl sites for hydroxylation is 1. The van der Waals surface area contributed by atoms with Gasteiger partial charge in [-0.05, 0) is 36.1 Å². The van der Waals surface area contributed by atoms with Crippen LogP contribution in [0.15, 0.2) is 48.5 Å². The number of fused-ring (bicyclic) bond motifs is 3. The highest BCUT2D eigenvalue weighted by atomic mass is 32.1. The van der Waals surface area contributed by atoms with Crippen molar-refractivity contribution in [3.05, 3.63) is 75.2 Å². The summed E-state index contributed by atoms with van der Waals surface area (Å²) in [6, 6.07) is 15.2. The van der Waals surface area contributed by atoms with Crippen molar-refractivity contribution in [3.8, 4) is 11.1 Å². The molecule has 4 rings (SSSR count). The number of aliphatic carboxylic acids is 1.